The van der Waals surface area contributed by atoms with E-state index >= 15 is 0 Å². The van der Waals surface area contributed by atoms with Crippen LogP contribution in [0.1, 0.15) is 27.9 Å². The molecule has 88 valence electrons. The molecule has 0 saturated carbocycles. The zero-order chi connectivity index (χ0) is 11.5. The van der Waals surface area contributed by atoms with Gasteiger partial charge in [0, 0.05) is 24.1 Å². The lowest BCUT2D eigenvalue weighted by atomic mass is 10.1. The largest absolute Gasteiger partial charge is 0.477 e. The van der Waals surface area contributed by atoms with Gasteiger partial charge in [-0.25, -0.2) is 4.79 Å². The molecule has 2 heterocycles. The molecule has 1 saturated heterocycles. The van der Waals surface area contributed by atoms with Crippen LogP contribution < -0.4 is 5.32 Å². The standard InChI is InChI=1S/C11H15NO3S/c1-7-9(4-5-15-7)12-6-8-2-3-10(16-8)11(13)14/h2-3,7,9,12H,4-6H2,1H3,(H,13,14). The van der Waals surface area contributed by atoms with Crippen LogP contribution in [0.3, 0.4) is 0 Å². The number of carboxylic acid groups (broad SMARTS) is 1. The lowest BCUT2D eigenvalue weighted by molar-refractivity contribution is 0.0702. The average molecular weight is 241 g/mol. The van der Waals surface area contributed by atoms with Gasteiger partial charge in [-0.05, 0) is 25.5 Å². The minimum atomic E-state index is -0.853. The van der Waals surface area contributed by atoms with E-state index in [2.05, 4.69) is 12.2 Å². The highest BCUT2D eigenvalue weighted by atomic mass is 32.1. The van der Waals surface area contributed by atoms with Crippen LogP contribution in [0, 0.1) is 0 Å². The second-order valence-corrected chi connectivity index (χ2v) is 5.09. The number of carboxylic acids is 1. The van der Waals surface area contributed by atoms with Gasteiger partial charge in [-0.2, -0.15) is 0 Å². The van der Waals surface area contributed by atoms with Crippen molar-refractivity contribution in [3.8, 4) is 0 Å². The maximum Gasteiger partial charge on any atom is 0.345 e. The molecule has 0 aliphatic carbocycles. The van der Waals surface area contributed by atoms with Crippen molar-refractivity contribution in [1.29, 1.82) is 0 Å². The number of nitrogens with one attached hydrogen (secondary N) is 1. The van der Waals surface area contributed by atoms with E-state index in [0.29, 0.717) is 10.9 Å². The van der Waals surface area contributed by atoms with Crippen LogP contribution in [0.25, 0.3) is 0 Å². The summed E-state index contributed by atoms with van der Waals surface area (Å²) >= 11 is 1.32. The molecule has 0 radical (unpaired) electrons. The summed E-state index contributed by atoms with van der Waals surface area (Å²) in [6.07, 6.45) is 1.28. The van der Waals surface area contributed by atoms with Gasteiger partial charge in [-0.15, -0.1) is 11.3 Å². The van der Waals surface area contributed by atoms with Crippen molar-refractivity contribution >= 4 is 17.3 Å². The van der Waals surface area contributed by atoms with Crippen molar-refractivity contribution in [3.63, 3.8) is 0 Å². The highest BCUT2D eigenvalue weighted by molar-refractivity contribution is 7.13. The molecule has 2 N–H and O–H groups in total. The predicted molar refractivity (Wildman–Crippen MR) is 61.9 cm³/mol. The van der Waals surface area contributed by atoms with Crippen LogP contribution in [0.5, 0.6) is 0 Å². The molecule has 2 rings (SSSR count). The molecule has 16 heavy (non-hydrogen) atoms. The van der Waals surface area contributed by atoms with Crippen molar-refractivity contribution in [1.82, 2.24) is 5.32 Å². The Kier molecular flexibility index (Phi) is 3.58. The van der Waals surface area contributed by atoms with Crippen LogP contribution >= 0.6 is 11.3 Å². The van der Waals surface area contributed by atoms with E-state index in [1.165, 1.54) is 11.3 Å². The summed E-state index contributed by atoms with van der Waals surface area (Å²) in [5.41, 5.74) is 0. The van der Waals surface area contributed by atoms with Gasteiger partial charge in [0.1, 0.15) is 4.88 Å². The summed E-state index contributed by atoms with van der Waals surface area (Å²) in [7, 11) is 0. The molecule has 0 spiro atoms. The molecule has 1 aromatic rings. The van der Waals surface area contributed by atoms with Crippen molar-refractivity contribution in [2.75, 3.05) is 6.61 Å². The van der Waals surface area contributed by atoms with Gasteiger partial charge in [0.05, 0.1) is 6.10 Å². The van der Waals surface area contributed by atoms with Crippen LogP contribution in [-0.4, -0.2) is 29.8 Å². The van der Waals surface area contributed by atoms with Crippen molar-refractivity contribution in [3.05, 3.63) is 21.9 Å². The number of aromatic carboxylic acids is 1. The van der Waals surface area contributed by atoms with E-state index in [1.54, 1.807) is 6.07 Å². The van der Waals surface area contributed by atoms with Gasteiger partial charge < -0.3 is 15.2 Å². The van der Waals surface area contributed by atoms with Gasteiger partial charge in [0.25, 0.3) is 0 Å². The first-order valence-corrected chi connectivity index (χ1v) is 6.15. The highest BCUT2D eigenvalue weighted by Gasteiger charge is 2.23. The molecule has 1 aromatic heterocycles. The fraction of sp³-hybridized carbons (Fsp3) is 0.545. The Morgan fingerprint density at radius 3 is 3.06 bits per heavy atom. The van der Waals surface area contributed by atoms with Crippen molar-refractivity contribution < 1.29 is 14.6 Å². The molecular weight excluding hydrogens is 226 g/mol. The van der Waals surface area contributed by atoms with Crippen molar-refractivity contribution in [2.45, 2.75) is 32.0 Å². The summed E-state index contributed by atoms with van der Waals surface area (Å²) in [5.74, 6) is -0.853. The van der Waals surface area contributed by atoms with Gasteiger partial charge in [-0.3, -0.25) is 0 Å². The van der Waals surface area contributed by atoms with Crippen LogP contribution in [0.15, 0.2) is 12.1 Å². The molecule has 1 fully saturated rings. The molecular formula is C11H15NO3S. The molecule has 2 unspecified atom stereocenters. The van der Waals surface area contributed by atoms with Crippen LogP contribution in [0.2, 0.25) is 0 Å². The zero-order valence-electron chi connectivity index (χ0n) is 9.10. The molecule has 1 aliphatic rings. The average Bonchev–Trinajstić information content (AvgIpc) is 2.83. The van der Waals surface area contributed by atoms with Crippen molar-refractivity contribution in [2.24, 2.45) is 0 Å². The van der Waals surface area contributed by atoms with Gasteiger partial charge >= 0.3 is 5.97 Å². The Balaban J connectivity index is 1.87. The maximum atomic E-state index is 10.7. The van der Waals surface area contributed by atoms with E-state index in [1.807, 2.05) is 6.07 Å². The number of hydrogen-bond acceptors (Lipinski definition) is 4. The SMILES string of the molecule is CC1OCCC1NCc1ccc(C(=O)O)s1. The second kappa shape index (κ2) is 4.95. The smallest absolute Gasteiger partial charge is 0.345 e. The number of ether oxygens (including phenoxy) is 1. The minimum Gasteiger partial charge on any atom is -0.477 e. The fourth-order valence-corrected chi connectivity index (χ4v) is 2.62. The Morgan fingerprint density at radius 2 is 2.50 bits per heavy atom. The first kappa shape index (κ1) is 11.6. The summed E-state index contributed by atoms with van der Waals surface area (Å²) < 4.78 is 5.44. The minimum absolute atomic E-state index is 0.249. The quantitative estimate of drug-likeness (QED) is 0.842. The van der Waals surface area contributed by atoms with E-state index in [-0.39, 0.29) is 6.10 Å². The third-order valence-corrected chi connectivity index (χ3v) is 3.86. The molecule has 2 atom stereocenters. The number of thiophene rings is 1. The highest BCUT2D eigenvalue weighted by Crippen LogP contribution is 2.18. The summed E-state index contributed by atoms with van der Waals surface area (Å²) in [4.78, 5) is 12.1. The first-order chi connectivity index (χ1) is 7.66. The number of rotatable bonds is 4. The summed E-state index contributed by atoms with van der Waals surface area (Å²) in [6.45, 7) is 3.59. The lowest BCUT2D eigenvalue weighted by Gasteiger charge is -2.14. The molecule has 1 aliphatic heterocycles. The summed E-state index contributed by atoms with van der Waals surface area (Å²) in [6, 6.07) is 3.90. The lowest BCUT2D eigenvalue weighted by Crippen LogP contribution is -2.33. The normalized spacial score (nSPS) is 24.8. The predicted octanol–water partition coefficient (Wildman–Crippen LogP) is 1.71. The van der Waals surface area contributed by atoms with E-state index < -0.39 is 5.97 Å². The Morgan fingerprint density at radius 1 is 1.69 bits per heavy atom. The molecule has 0 amide bonds. The Hall–Kier alpha value is -0.910. The molecule has 5 heteroatoms. The summed E-state index contributed by atoms with van der Waals surface area (Å²) in [5, 5.41) is 12.2. The molecule has 0 bridgehead atoms. The van der Waals surface area contributed by atoms with Gasteiger partial charge in [-0.1, -0.05) is 0 Å². The fourth-order valence-electron chi connectivity index (χ4n) is 1.82. The second-order valence-electron chi connectivity index (χ2n) is 3.92. The van der Waals surface area contributed by atoms with Crippen LogP contribution in [0.4, 0.5) is 0 Å². The van der Waals surface area contributed by atoms with E-state index in [4.69, 9.17) is 9.84 Å². The Bertz CT molecular complexity index is 377. The van der Waals surface area contributed by atoms with E-state index in [0.717, 1.165) is 24.4 Å². The topological polar surface area (TPSA) is 58.6 Å². The Labute approximate surface area is 98.2 Å². The van der Waals surface area contributed by atoms with Gasteiger partial charge in [0.15, 0.2) is 0 Å². The van der Waals surface area contributed by atoms with Crippen LogP contribution in [-0.2, 0) is 11.3 Å². The first-order valence-electron chi connectivity index (χ1n) is 5.34. The number of hydrogen-bond donors (Lipinski definition) is 2. The van der Waals surface area contributed by atoms with Gasteiger partial charge in [0.2, 0.25) is 0 Å². The molecule has 0 aromatic carbocycles. The monoisotopic (exact) mass is 241 g/mol. The van der Waals surface area contributed by atoms with E-state index in [9.17, 15) is 4.79 Å². The third-order valence-electron chi connectivity index (χ3n) is 2.79. The number of carbonyl (C=O) groups is 1. The molecule has 4 nitrogen and oxygen atoms in total. The third kappa shape index (κ3) is 2.61. The zero-order valence-corrected chi connectivity index (χ0v) is 9.92. The maximum absolute atomic E-state index is 10.7.